The van der Waals surface area contributed by atoms with Gasteiger partial charge in [0.15, 0.2) is 5.96 Å². The SMILES string of the molecule is CCNC(=NCc1ccc(Br)c(F)c1)NC1CC=CC1. The summed E-state index contributed by atoms with van der Waals surface area (Å²) in [7, 11) is 0. The van der Waals surface area contributed by atoms with E-state index in [9.17, 15) is 4.39 Å². The molecule has 0 bridgehead atoms. The van der Waals surface area contributed by atoms with E-state index in [0.29, 0.717) is 17.1 Å². The largest absolute Gasteiger partial charge is 0.357 e. The first-order valence-electron chi connectivity index (χ1n) is 6.83. The van der Waals surface area contributed by atoms with E-state index < -0.39 is 0 Å². The molecule has 0 amide bonds. The normalized spacial score (nSPS) is 15.7. The lowest BCUT2D eigenvalue weighted by molar-refractivity contribution is 0.618. The van der Waals surface area contributed by atoms with Gasteiger partial charge in [-0.1, -0.05) is 18.2 Å². The van der Waals surface area contributed by atoms with Gasteiger partial charge in [0.2, 0.25) is 0 Å². The number of nitrogens with one attached hydrogen (secondary N) is 2. The van der Waals surface area contributed by atoms with Gasteiger partial charge in [0.05, 0.1) is 11.0 Å². The molecule has 2 N–H and O–H groups in total. The first-order valence-corrected chi connectivity index (χ1v) is 7.62. The van der Waals surface area contributed by atoms with Crippen LogP contribution >= 0.6 is 15.9 Å². The number of benzene rings is 1. The molecule has 1 aliphatic rings. The number of rotatable bonds is 4. The van der Waals surface area contributed by atoms with Gasteiger partial charge < -0.3 is 10.6 Å². The Kier molecular flexibility index (Phi) is 5.59. The van der Waals surface area contributed by atoms with Gasteiger partial charge in [-0.25, -0.2) is 9.38 Å². The molecule has 0 spiro atoms. The lowest BCUT2D eigenvalue weighted by atomic mass is 10.2. The van der Waals surface area contributed by atoms with E-state index in [1.165, 1.54) is 6.07 Å². The van der Waals surface area contributed by atoms with Crippen LogP contribution in [-0.4, -0.2) is 18.5 Å². The van der Waals surface area contributed by atoms with Crippen molar-refractivity contribution < 1.29 is 4.39 Å². The predicted molar refractivity (Wildman–Crippen MR) is 84.2 cm³/mol. The molecular weight excluding hydrogens is 321 g/mol. The first kappa shape index (κ1) is 15.0. The highest BCUT2D eigenvalue weighted by Crippen LogP contribution is 2.16. The molecule has 20 heavy (non-hydrogen) atoms. The summed E-state index contributed by atoms with van der Waals surface area (Å²) in [5.74, 6) is 0.528. The molecule has 0 aromatic heterocycles. The topological polar surface area (TPSA) is 36.4 Å². The van der Waals surface area contributed by atoms with Crippen molar-refractivity contribution in [2.45, 2.75) is 32.4 Å². The summed E-state index contributed by atoms with van der Waals surface area (Å²) in [5.41, 5.74) is 0.854. The minimum absolute atomic E-state index is 0.254. The molecule has 0 aliphatic heterocycles. The number of guanidine groups is 1. The summed E-state index contributed by atoms with van der Waals surface area (Å²) >= 11 is 3.15. The summed E-state index contributed by atoms with van der Waals surface area (Å²) in [5, 5.41) is 6.60. The van der Waals surface area contributed by atoms with Crippen LogP contribution in [-0.2, 0) is 6.54 Å². The maximum Gasteiger partial charge on any atom is 0.191 e. The molecule has 0 fully saturated rings. The van der Waals surface area contributed by atoms with Crippen molar-refractivity contribution in [1.82, 2.24) is 10.6 Å². The third-order valence-electron chi connectivity index (χ3n) is 3.10. The fraction of sp³-hybridized carbons (Fsp3) is 0.400. The van der Waals surface area contributed by atoms with Gasteiger partial charge >= 0.3 is 0 Å². The third-order valence-corrected chi connectivity index (χ3v) is 3.74. The molecule has 5 heteroatoms. The second-order valence-electron chi connectivity index (χ2n) is 4.73. The van der Waals surface area contributed by atoms with Crippen LogP contribution in [0, 0.1) is 5.82 Å². The average Bonchev–Trinajstić information content (AvgIpc) is 2.93. The third kappa shape index (κ3) is 4.34. The highest BCUT2D eigenvalue weighted by molar-refractivity contribution is 9.10. The highest BCUT2D eigenvalue weighted by Gasteiger charge is 2.11. The molecule has 0 heterocycles. The maximum absolute atomic E-state index is 13.4. The average molecular weight is 340 g/mol. The van der Waals surface area contributed by atoms with Crippen LogP contribution in [0.5, 0.6) is 0 Å². The molecule has 0 atom stereocenters. The molecule has 1 aromatic carbocycles. The van der Waals surface area contributed by atoms with Gasteiger partial charge in [-0.15, -0.1) is 0 Å². The molecular formula is C15H19BrFN3. The van der Waals surface area contributed by atoms with Crippen LogP contribution in [0.1, 0.15) is 25.3 Å². The quantitative estimate of drug-likeness (QED) is 0.501. The van der Waals surface area contributed by atoms with Gasteiger partial charge in [-0.3, -0.25) is 0 Å². The number of hydrogen-bond acceptors (Lipinski definition) is 1. The highest BCUT2D eigenvalue weighted by atomic mass is 79.9. The molecule has 0 saturated carbocycles. The smallest absolute Gasteiger partial charge is 0.191 e. The van der Waals surface area contributed by atoms with Crippen molar-refractivity contribution in [2.24, 2.45) is 4.99 Å². The maximum atomic E-state index is 13.4. The van der Waals surface area contributed by atoms with Crippen molar-refractivity contribution in [3.8, 4) is 0 Å². The number of aliphatic imine (C=N–C) groups is 1. The van der Waals surface area contributed by atoms with E-state index in [0.717, 1.165) is 30.9 Å². The Balaban J connectivity index is 1.98. The molecule has 2 rings (SSSR count). The Labute approximate surface area is 127 Å². The van der Waals surface area contributed by atoms with E-state index in [1.54, 1.807) is 6.07 Å². The Hall–Kier alpha value is -1.36. The molecule has 1 aliphatic carbocycles. The number of hydrogen-bond donors (Lipinski definition) is 2. The van der Waals surface area contributed by atoms with Crippen LogP contribution in [0.25, 0.3) is 0 Å². The van der Waals surface area contributed by atoms with Crippen LogP contribution in [0.2, 0.25) is 0 Å². The summed E-state index contributed by atoms with van der Waals surface area (Å²) in [6.45, 7) is 3.30. The van der Waals surface area contributed by atoms with Crippen LogP contribution in [0.3, 0.4) is 0 Å². The molecule has 0 radical (unpaired) electrons. The first-order chi connectivity index (χ1) is 9.69. The van der Waals surface area contributed by atoms with Gasteiger partial charge in [0, 0.05) is 12.6 Å². The Morgan fingerprint density at radius 2 is 2.15 bits per heavy atom. The molecule has 3 nitrogen and oxygen atoms in total. The summed E-state index contributed by atoms with van der Waals surface area (Å²) < 4.78 is 13.9. The Morgan fingerprint density at radius 1 is 1.40 bits per heavy atom. The zero-order chi connectivity index (χ0) is 14.4. The minimum atomic E-state index is -0.254. The van der Waals surface area contributed by atoms with Gasteiger partial charge in [-0.2, -0.15) is 0 Å². The number of nitrogens with zero attached hydrogens (tertiary/aromatic N) is 1. The molecule has 1 aromatic rings. The second kappa shape index (κ2) is 7.43. The zero-order valence-corrected chi connectivity index (χ0v) is 13.1. The Bertz CT molecular complexity index is 506. The van der Waals surface area contributed by atoms with E-state index in [4.69, 9.17) is 0 Å². The fourth-order valence-corrected chi connectivity index (χ4v) is 2.30. The van der Waals surface area contributed by atoms with Gasteiger partial charge in [0.25, 0.3) is 0 Å². The minimum Gasteiger partial charge on any atom is -0.357 e. The Morgan fingerprint density at radius 3 is 2.80 bits per heavy atom. The van der Waals surface area contributed by atoms with Crippen molar-refractivity contribution >= 4 is 21.9 Å². The fourth-order valence-electron chi connectivity index (χ4n) is 2.06. The van der Waals surface area contributed by atoms with E-state index >= 15 is 0 Å². The van der Waals surface area contributed by atoms with Crippen molar-refractivity contribution in [3.05, 3.63) is 46.2 Å². The van der Waals surface area contributed by atoms with Gasteiger partial charge in [0.1, 0.15) is 5.82 Å². The van der Waals surface area contributed by atoms with Crippen LogP contribution in [0.4, 0.5) is 4.39 Å². The monoisotopic (exact) mass is 339 g/mol. The summed E-state index contributed by atoms with van der Waals surface area (Å²) in [4.78, 5) is 4.50. The standard InChI is InChI=1S/C15H19BrFN3/c1-2-18-15(20-12-5-3-4-6-12)19-10-11-7-8-13(16)14(17)9-11/h3-4,7-9,12H,2,5-6,10H2,1H3,(H2,18,19,20). The second-order valence-corrected chi connectivity index (χ2v) is 5.58. The molecule has 0 saturated heterocycles. The van der Waals surface area contributed by atoms with Crippen LogP contribution < -0.4 is 10.6 Å². The molecule has 0 unspecified atom stereocenters. The van der Waals surface area contributed by atoms with Crippen molar-refractivity contribution in [1.29, 1.82) is 0 Å². The van der Waals surface area contributed by atoms with E-state index in [1.807, 2.05) is 13.0 Å². The van der Waals surface area contributed by atoms with E-state index in [-0.39, 0.29) is 5.82 Å². The van der Waals surface area contributed by atoms with Crippen molar-refractivity contribution in [2.75, 3.05) is 6.54 Å². The van der Waals surface area contributed by atoms with Crippen LogP contribution in [0.15, 0.2) is 39.8 Å². The number of halogens is 2. The lowest BCUT2D eigenvalue weighted by Crippen LogP contribution is -2.42. The summed E-state index contributed by atoms with van der Waals surface area (Å²) in [6, 6.07) is 5.50. The van der Waals surface area contributed by atoms with Gasteiger partial charge in [-0.05, 0) is 53.4 Å². The van der Waals surface area contributed by atoms with Crippen molar-refractivity contribution in [3.63, 3.8) is 0 Å². The molecule has 108 valence electrons. The van der Waals surface area contributed by atoms with E-state index in [2.05, 4.69) is 43.7 Å². The lowest BCUT2D eigenvalue weighted by Gasteiger charge is -2.16. The zero-order valence-electron chi connectivity index (χ0n) is 11.5. The summed E-state index contributed by atoms with van der Waals surface area (Å²) in [6.07, 6.45) is 6.39. The predicted octanol–water partition coefficient (Wildman–Crippen LogP) is 3.36.